The van der Waals surface area contributed by atoms with Crippen LogP contribution in [0.25, 0.3) is 0 Å². The van der Waals surface area contributed by atoms with Crippen LogP contribution in [0, 0.1) is 11.8 Å². The third-order valence-electron chi connectivity index (χ3n) is 2.82. The van der Waals surface area contributed by atoms with Gasteiger partial charge in [-0.15, -0.1) is 0 Å². The SMILES string of the molecule is C[C@@H]1C[C@@H]1C(=O)OCC(=O)Nc1ccccc1. The Morgan fingerprint density at radius 3 is 2.59 bits per heavy atom. The molecular formula is C13H15NO3. The van der Waals surface area contributed by atoms with Crippen molar-refractivity contribution in [2.24, 2.45) is 11.8 Å². The third kappa shape index (κ3) is 3.31. The smallest absolute Gasteiger partial charge is 0.309 e. The van der Waals surface area contributed by atoms with Crippen LogP contribution in [0.1, 0.15) is 13.3 Å². The Balaban J connectivity index is 1.73. The van der Waals surface area contributed by atoms with E-state index < -0.39 is 0 Å². The van der Waals surface area contributed by atoms with Crippen molar-refractivity contribution in [1.82, 2.24) is 0 Å². The minimum Gasteiger partial charge on any atom is -0.455 e. The Morgan fingerprint density at radius 2 is 2.00 bits per heavy atom. The number of anilines is 1. The molecule has 1 N–H and O–H groups in total. The molecule has 0 aliphatic heterocycles. The molecule has 0 aromatic heterocycles. The van der Waals surface area contributed by atoms with Gasteiger partial charge in [-0.1, -0.05) is 25.1 Å². The summed E-state index contributed by atoms with van der Waals surface area (Å²) in [6.45, 7) is 1.78. The highest BCUT2D eigenvalue weighted by atomic mass is 16.5. The van der Waals surface area contributed by atoms with Crippen LogP contribution < -0.4 is 5.32 Å². The van der Waals surface area contributed by atoms with Crippen LogP contribution >= 0.6 is 0 Å². The van der Waals surface area contributed by atoms with Gasteiger partial charge in [0.1, 0.15) is 0 Å². The quantitative estimate of drug-likeness (QED) is 0.807. The fourth-order valence-electron chi connectivity index (χ4n) is 1.61. The Kier molecular flexibility index (Phi) is 3.42. The maximum atomic E-state index is 11.5. The second kappa shape index (κ2) is 4.99. The topological polar surface area (TPSA) is 55.4 Å². The Labute approximate surface area is 100.0 Å². The van der Waals surface area contributed by atoms with Crippen molar-refractivity contribution in [3.05, 3.63) is 30.3 Å². The highest BCUT2D eigenvalue weighted by Crippen LogP contribution is 2.38. The van der Waals surface area contributed by atoms with E-state index >= 15 is 0 Å². The molecule has 1 fully saturated rings. The summed E-state index contributed by atoms with van der Waals surface area (Å²) in [5.41, 5.74) is 0.702. The molecule has 0 saturated heterocycles. The minimum atomic E-state index is -0.308. The van der Waals surface area contributed by atoms with Crippen molar-refractivity contribution >= 4 is 17.6 Å². The first-order valence-electron chi connectivity index (χ1n) is 5.68. The number of rotatable bonds is 4. The Hall–Kier alpha value is -1.84. The predicted molar refractivity (Wildman–Crippen MR) is 63.3 cm³/mol. The van der Waals surface area contributed by atoms with Crippen LogP contribution in [0.2, 0.25) is 0 Å². The zero-order valence-corrected chi connectivity index (χ0v) is 9.68. The summed E-state index contributed by atoms with van der Waals surface area (Å²) in [5.74, 6) is -0.169. The van der Waals surface area contributed by atoms with E-state index in [4.69, 9.17) is 4.74 Å². The van der Waals surface area contributed by atoms with Gasteiger partial charge in [0, 0.05) is 5.69 Å². The normalized spacial score (nSPS) is 21.7. The van der Waals surface area contributed by atoms with E-state index in [1.807, 2.05) is 25.1 Å². The van der Waals surface area contributed by atoms with Crippen LogP contribution in [0.4, 0.5) is 5.69 Å². The van der Waals surface area contributed by atoms with Crippen molar-refractivity contribution in [2.75, 3.05) is 11.9 Å². The van der Waals surface area contributed by atoms with Gasteiger partial charge in [0.05, 0.1) is 5.92 Å². The second-order valence-electron chi connectivity index (χ2n) is 4.34. The van der Waals surface area contributed by atoms with Gasteiger partial charge in [0.25, 0.3) is 5.91 Å². The molecule has 4 nitrogen and oxygen atoms in total. The lowest BCUT2D eigenvalue weighted by molar-refractivity contribution is -0.148. The third-order valence-corrected chi connectivity index (χ3v) is 2.82. The highest BCUT2D eigenvalue weighted by Gasteiger charge is 2.40. The highest BCUT2D eigenvalue weighted by molar-refractivity contribution is 5.93. The van der Waals surface area contributed by atoms with Crippen molar-refractivity contribution in [3.63, 3.8) is 0 Å². The first kappa shape index (κ1) is 11.6. The van der Waals surface area contributed by atoms with Gasteiger partial charge in [-0.2, -0.15) is 0 Å². The number of hydrogen-bond donors (Lipinski definition) is 1. The Bertz CT molecular complexity index is 416. The molecule has 0 heterocycles. The number of carbonyl (C=O) groups excluding carboxylic acids is 2. The van der Waals surface area contributed by atoms with Gasteiger partial charge < -0.3 is 10.1 Å². The first-order valence-corrected chi connectivity index (χ1v) is 5.68. The van der Waals surface area contributed by atoms with Crippen molar-refractivity contribution in [2.45, 2.75) is 13.3 Å². The summed E-state index contributed by atoms with van der Waals surface area (Å²) in [5, 5.41) is 2.65. The van der Waals surface area contributed by atoms with E-state index in [0.717, 1.165) is 6.42 Å². The van der Waals surface area contributed by atoms with E-state index in [-0.39, 0.29) is 24.4 Å². The maximum Gasteiger partial charge on any atom is 0.309 e. The lowest BCUT2D eigenvalue weighted by Crippen LogP contribution is -2.21. The van der Waals surface area contributed by atoms with E-state index in [1.54, 1.807) is 12.1 Å². The molecule has 17 heavy (non-hydrogen) atoms. The van der Waals surface area contributed by atoms with Crippen LogP contribution in [0.15, 0.2) is 30.3 Å². The average Bonchev–Trinajstić information content (AvgIpc) is 3.05. The summed E-state index contributed by atoms with van der Waals surface area (Å²) in [6.07, 6.45) is 0.874. The molecule has 0 unspecified atom stereocenters. The molecule has 0 bridgehead atoms. The van der Waals surface area contributed by atoms with Gasteiger partial charge in [-0.25, -0.2) is 0 Å². The lowest BCUT2D eigenvalue weighted by Gasteiger charge is -2.05. The Morgan fingerprint density at radius 1 is 1.35 bits per heavy atom. The van der Waals surface area contributed by atoms with Gasteiger partial charge in [0.2, 0.25) is 0 Å². The van der Waals surface area contributed by atoms with Crippen molar-refractivity contribution in [3.8, 4) is 0 Å². The largest absolute Gasteiger partial charge is 0.455 e. The van der Waals surface area contributed by atoms with Gasteiger partial charge >= 0.3 is 5.97 Å². The summed E-state index contributed by atoms with van der Waals surface area (Å²) >= 11 is 0. The number of para-hydroxylation sites is 1. The molecule has 90 valence electrons. The average molecular weight is 233 g/mol. The van der Waals surface area contributed by atoms with E-state index in [2.05, 4.69) is 5.32 Å². The molecule has 1 saturated carbocycles. The van der Waals surface area contributed by atoms with Gasteiger partial charge in [-0.3, -0.25) is 9.59 Å². The van der Waals surface area contributed by atoms with Gasteiger partial charge in [0.15, 0.2) is 6.61 Å². The van der Waals surface area contributed by atoms with Crippen LogP contribution in [0.3, 0.4) is 0 Å². The fourth-order valence-corrected chi connectivity index (χ4v) is 1.61. The molecule has 1 aliphatic rings. The molecule has 1 aliphatic carbocycles. The number of amides is 1. The zero-order valence-electron chi connectivity index (χ0n) is 9.68. The summed E-state index contributed by atoms with van der Waals surface area (Å²) in [4.78, 5) is 22.8. The molecule has 2 rings (SSSR count). The number of nitrogens with one attached hydrogen (secondary N) is 1. The number of benzene rings is 1. The number of esters is 1. The molecule has 2 atom stereocenters. The maximum absolute atomic E-state index is 11.5. The first-order chi connectivity index (χ1) is 8.16. The minimum absolute atomic E-state index is 0.000440. The standard InChI is InChI=1S/C13H15NO3/c1-9-7-11(9)13(16)17-8-12(15)14-10-5-3-2-4-6-10/h2-6,9,11H,7-8H2,1H3,(H,14,15)/t9-,11+/m1/s1. The molecule has 1 aromatic carbocycles. The second-order valence-corrected chi connectivity index (χ2v) is 4.34. The van der Waals surface area contributed by atoms with Gasteiger partial charge in [-0.05, 0) is 24.5 Å². The summed E-state index contributed by atoms with van der Waals surface area (Å²) in [6, 6.07) is 9.08. The molecule has 4 heteroatoms. The summed E-state index contributed by atoms with van der Waals surface area (Å²) < 4.78 is 4.92. The number of hydrogen-bond acceptors (Lipinski definition) is 3. The summed E-state index contributed by atoms with van der Waals surface area (Å²) in [7, 11) is 0. The number of carbonyl (C=O) groups is 2. The molecule has 1 amide bonds. The molecular weight excluding hydrogens is 218 g/mol. The molecule has 1 aromatic rings. The van der Waals surface area contributed by atoms with Crippen LogP contribution in [-0.2, 0) is 14.3 Å². The molecule has 0 spiro atoms. The zero-order chi connectivity index (χ0) is 12.3. The number of ether oxygens (including phenoxy) is 1. The monoisotopic (exact) mass is 233 g/mol. The molecule has 0 radical (unpaired) electrons. The van der Waals surface area contributed by atoms with E-state index in [1.165, 1.54) is 0 Å². The van der Waals surface area contributed by atoms with Crippen LogP contribution in [0.5, 0.6) is 0 Å². The lowest BCUT2D eigenvalue weighted by atomic mass is 10.3. The van der Waals surface area contributed by atoms with Crippen molar-refractivity contribution in [1.29, 1.82) is 0 Å². The fraction of sp³-hybridized carbons (Fsp3) is 0.385. The van der Waals surface area contributed by atoms with E-state index in [9.17, 15) is 9.59 Å². The van der Waals surface area contributed by atoms with E-state index in [0.29, 0.717) is 11.6 Å². The van der Waals surface area contributed by atoms with Crippen molar-refractivity contribution < 1.29 is 14.3 Å². The van der Waals surface area contributed by atoms with Crippen LogP contribution in [-0.4, -0.2) is 18.5 Å². The predicted octanol–water partition coefficient (Wildman–Crippen LogP) is 1.82.